The Morgan fingerprint density at radius 2 is 2.33 bits per heavy atom. The van der Waals surface area contributed by atoms with E-state index < -0.39 is 0 Å². The summed E-state index contributed by atoms with van der Waals surface area (Å²) in [5.74, 6) is 0. The normalized spacial score (nSPS) is 20.6. The summed E-state index contributed by atoms with van der Waals surface area (Å²) in [7, 11) is 0. The van der Waals surface area contributed by atoms with Crippen LogP contribution in [0.3, 0.4) is 0 Å². The molecule has 1 aliphatic rings. The lowest BCUT2D eigenvalue weighted by Gasteiger charge is -2.05. The quantitative estimate of drug-likeness (QED) is 0.668. The highest BCUT2D eigenvalue weighted by Crippen LogP contribution is 2.31. The SMILES string of the molecule is C=Cc1cccc2c1CC[C@@H]2N. The van der Waals surface area contributed by atoms with Crippen LogP contribution in [0, 0.1) is 0 Å². The molecule has 12 heavy (non-hydrogen) atoms. The molecule has 0 bridgehead atoms. The second-order valence-electron chi connectivity index (χ2n) is 3.26. The zero-order chi connectivity index (χ0) is 8.55. The van der Waals surface area contributed by atoms with Crippen LogP contribution in [0.1, 0.15) is 29.2 Å². The van der Waals surface area contributed by atoms with Crippen molar-refractivity contribution in [3.63, 3.8) is 0 Å². The molecule has 0 aliphatic heterocycles. The Labute approximate surface area is 72.9 Å². The molecule has 0 aromatic heterocycles. The van der Waals surface area contributed by atoms with E-state index in [1.807, 2.05) is 6.08 Å². The third-order valence-electron chi connectivity index (χ3n) is 2.57. The molecule has 2 N–H and O–H groups in total. The van der Waals surface area contributed by atoms with Gasteiger partial charge in [0, 0.05) is 6.04 Å². The van der Waals surface area contributed by atoms with Crippen molar-refractivity contribution >= 4 is 6.08 Å². The van der Waals surface area contributed by atoms with Gasteiger partial charge in [0.1, 0.15) is 0 Å². The summed E-state index contributed by atoms with van der Waals surface area (Å²) in [6.45, 7) is 3.79. The van der Waals surface area contributed by atoms with E-state index in [1.54, 1.807) is 0 Å². The first-order valence-corrected chi connectivity index (χ1v) is 4.32. The molecule has 0 saturated heterocycles. The molecule has 0 unspecified atom stereocenters. The fraction of sp³-hybridized carbons (Fsp3) is 0.273. The number of rotatable bonds is 1. The van der Waals surface area contributed by atoms with Crippen molar-refractivity contribution in [2.24, 2.45) is 5.73 Å². The van der Waals surface area contributed by atoms with Gasteiger partial charge in [0.25, 0.3) is 0 Å². The first kappa shape index (κ1) is 7.56. The van der Waals surface area contributed by atoms with Gasteiger partial charge in [0.2, 0.25) is 0 Å². The molecule has 2 rings (SSSR count). The zero-order valence-corrected chi connectivity index (χ0v) is 7.09. The molecule has 1 aliphatic carbocycles. The lowest BCUT2D eigenvalue weighted by molar-refractivity contribution is 0.713. The van der Waals surface area contributed by atoms with Crippen LogP contribution in [0.25, 0.3) is 6.08 Å². The lowest BCUT2D eigenvalue weighted by atomic mass is 10.0. The molecular formula is C11H13N. The first-order chi connectivity index (χ1) is 5.83. The summed E-state index contributed by atoms with van der Waals surface area (Å²) < 4.78 is 0. The summed E-state index contributed by atoms with van der Waals surface area (Å²) >= 11 is 0. The molecule has 0 amide bonds. The fourth-order valence-corrected chi connectivity index (χ4v) is 1.91. The number of hydrogen-bond donors (Lipinski definition) is 1. The van der Waals surface area contributed by atoms with Crippen molar-refractivity contribution in [2.75, 3.05) is 0 Å². The monoisotopic (exact) mass is 159 g/mol. The Hall–Kier alpha value is -1.08. The molecule has 1 heteroatoms. The molecule has 1 atom stereocenters. The van der Waals surface area contributed by atoms with E-state index in [1.165, 1.54) is 16.7 Å². The third kappa shape index (κ3) is 0.978. The van der Waals surface area contributed by atoms with Crippen molar-refractivity contribution in [1.29, 1.82) is 0 Å². The molecule has 1 aromatic rings. The van der Waals surface area contributed by atoms with Crippen molar-refractivity contribution in [1.82, 2.24) is 0 Å². The van der Waals surface area contributed by atoms with Gasteiger partial charge >= 0.3 is 0 Å². The Bertz CT molecular complexity index is 315. The molecule has 0 spiro atoms. The average molecular weight is 159 g/mol. The summed E-state index contributed by atoms with van der Waals surface area (Å²) in [6.07, 6.45) is 4.11. The molecule has 0 radical (unpaired) electrons. The minimum atomic E-state index is 0.250. The summed E-state index contributed by atoms with van der Waals surface area (Å²) in [4.78, 5) is 0. The van der Waals surface area contributed by atoms with Gasteiger partial charge in [0.05, 0.1) is 0 Å². The molecule has 62 valence electrons. The maximum absolute atomic E-state index is 5.94. The van der Waals surface area contributed by atoms with Gasteiger partial charge in [0.15, 0.2) is 0 Å². The van der Waals surface area contributed by atoms with E-state index >= 15 is 0 Å². The standard InChI is InChI=1S/C11H13N/c1-2-8-4-3-5-10-9(8)6-7-11(10)12/h2-5,11H,1,6-7,12H2/t11-/m0/s1. The van der Waals surface area contributed by atoms with E-state index in [0.29, 0.717) is 0 Å². The Kier molecular flexibility index (Phi) is 1.74. The van der Waals surface area contributed by atoms with E-state index in [9.17, 15) is 0 Å². The largest absolute Gasteiger partial charge is 0.324 e. The van der Waals surface area contributed by atoms with Crippen LogP contribution in [0.5, 0.6) is 0 Å². The van der Waals surface area contributed by atoms with Gasteiger partial charge in [-0.25, -0.2) is 0 Å². The number of hydrogen-bond acceptors (Lipinski definition) is 1. The maximum Gasteiger partial charge on any atom is 0.0300 e. The lowest BCUT2D eigenvalue weighted by Crippen LogP contribution is -2.04. The van der Waals surface area contributed by atoms with Crippen molar-refractivity contribution in [3.8, 4) is 0 Å². The van der Waals surface area contributed by atoms with E-state index in [2.05, 4.69) is 24.8 Å². The van der Waals surface area contributed by atoms with Crippen LogP contribution < -0.4 is 5.73 Å². The molecular weight excluding hydrogens is 146 g/mol. The van der Waals surface area contributed by atoms with Crippen LogP contribution in [-0.4, -0.2) is 0 Å². The second kappa shape index (κ2) is 2.76. The van der Waals surface area contributed by atoms with E-state index in [4.69, 9.17) is 5.73 Å². The zero-order valence-electron chi connectivity index (χ0n) is 7.09. The first-order valence-electron chi connectivity index (χ1n) is 4.32. The highest BCUT2D eigenvalue weighted by Gasteiger charge is 2.19. The Morgan fingerprint density at radius 1 is 1.50 bits per heavy atom. The minimum absolute atomic E-state index is 0.250. The molecule has 0 fully saturated rings. The molecule has 0 heterocycles. The highest BCUT2D eigenvalue weighted by atomic mass is 14.6. The Morgan fingerprint density at radius 3 is 3.08 bits per heavy atom. The van der Waals surface area contributed by atoms with Crippen molar-refractivity contribution < 1.29 is 0 Å². The second-order valence-corrected chi connectivity index (χ2v) is 3.26. The van der Waals surface area contributed by atoms with Crippen molar-refractivity contribution in [2.45, 2.75) is 18.9 Å². The fourth-order valence-electron chi connectivity index (χ4n) is 1.91. The van der Waals surface area contributed by atoms with Crippen LogP contribution in [-0.2, 0) is 6.42 Å². The van der Waals surface area contributed by atoms with E-state index in [-0.39, 0.29) is 6.04 Å². The molecule has 1 nitrogen and oxygen atoms in total. The summed E-state index contributed by atoms with van der Waals surface area (Å²) in [5.41, 5.74) is 9.90. The number of fused-ring (bicyclic) bond motifs is 1. The predicted octanol–water partition coefficient (Wildman–Crippen LogP) is 2.28. The highest BCUT2D eigenvalue weighted by molar-refractivity contribution is 5.56. The van der Waals surface area contributed by atoms with Gasteiger partial charge in [-0.1, -0.05) is 30.9 Å². The van der Waals surface area contributed by atoms with Crippen LogP contribution in [0.2, 0.25) is 0 Å². The summed E-state index contributed by atoms with van der Waals surface area (Å²) in [5, 5.41) is 0. The topological polar surface area (TPSA) is 26.0 Å². The van der Waals surface area contributed by atoms with E-state index in [0.717, 1.165) is 12.8 Å². The molecule has 1 aromatic carbocycles. The summed E-state index contributed by atoms with van der Waals surface area (Å²) in [6, 6.07) is 6.53. The van der Waals surface area contributed by atoms with Crippen LogP contribution >= 0.6 is 0 Å². The number of nitrogens with two attached hydrogens (primary N) is 1. The number of benzene rings is 1. The Balaban J connectivity index is 2.57. The van der Waals surface area contributed by atoms with Crippen LogP contribution in [0.4, 0.5) is 0 Å². The molecule has 0 saturated carbocycles. The van der Waals surface area contributed by atoms with Gasteiger partial charge in [-0.2, -0.15) is 0 Å². The van der Waals surface area contributed by atoms with Gasteiger partial charge in [-0.3, -0.25) is 0 Å². The van der Waals surface area contributed by atoms with Gasteiger partial charge < -0.3 is 5.73 Å². The minimum Gasteiger partial charge on any atom is -0.324 e. The maximum atomic E-state index is 5.94. The average Bonchev–Trinajstić information content (AvgIpc) is 2.48. The van der Waals surface area contributed by atoms with Gasteiger partial charge in [-0.05, 0) is 29.5 Å². The van der Waals surface area contributed by atoms with Crippen LogP contribution in [0.15, 0.2) is 24.8 Å². The van der Waals surface area contributed by atoms with Gasteiger partial charge in [-0.15, -0.1) is 0 Å². The van der Waals surface area contributed by atoms with Crippen molar-refractivity contribution in [3.05, 3.63) is 41.5 Å². The third-order valence-corrected chi connectivity index (χ3v) is 2.57. The predicted molar refractivity (Wildman–Crippen MR) is 51.8 cm³/mol. The smallest absolute Gasteiger partial charge is 0.0300 e.